The third kappa shape index (κ3) is 3.48. The van der Waals surface area contributed by atoms with E-state index in [0.717, 1.165) is 39.7 Å². The van der Waals surface area contributed by atoms with Gasteiger partial charge in [-0.1, -0.05) is 6.07 Å². The largest absolute Gasteiger partial charge is 0.309 e. The summed E-state index contributed by atoms with van der Waals surface area (Å²) in [7, 11) is 1.86. The Kier molecular flexibility index (Phi) is 4.40. The molecule has 30 heavy (non-hydrogen) atoms. The van der Waals surface area contributed by atoms with Gasteiger partial charge >= 0.3 is 0 Å². The van der Waals surface area contributed by atoms with Crippen molar-refractivity contribution in [3.05, 3.63) is 78.3 Å². The number of nitrogens with zero attached hydrogens (tertiary/aromatic N) is 8. The minimum absolute atomic E-state index is 0.505. The third-order valence-electron chi connectivity index (χ3n) is 4.79. The van der Waals surface area contributed by atoms with Crippen LogP contribution in [0.3, 0.4) is 0 Å². The first-order valence-electron chi connectivity index (χ1n) is 9.48. The summed E-state index contributed by atoms with van der Waals surface area (Å²) in [6, 6.07) is 9.82. The van der Waals surface area contributed by atoms with Gasteiger partial charge in [-0.3, -0.25) is 14.1 Å². The number of anilines is 2. The topological polar surface area (TPSA) is 98.7 Å². The molecule has 0 unspecified atom stereocenters. The van der Waals surface area contributed by atoms with Crippen LogP contribution in [0.4, 0.5) is 11.8 Å². The fourth-order valence-electron chi connectivity index (χ4n) is 3.31. The van der Waals surface area contributed by atoms with E-state index in [-0.39, 0.29) is 0 Å². The molecule has 148 valence electrons. The van der Waals surface area contributed by atoms with Gasteiger partial charge in [0.05, 0.1) is 11.9 Å². The van der Waals surface area contributed by atoms with Crippen molar-refractivity contribution >= 4 is 17.4 Å². The van der Waals surface area contributed by atoms with Crippen molar-refractivity contribution in [1.29, 1.82) is 0 Å². The molecule has 0 fully saturated rings. The first kappa shape index (κ1) is 17.9. The van der Waals surface area contributed by atoms with Crippen LogP contribution in [0, 0.1) is 6.92 Å². The second-order valence-electron chi connectivity index (χ2n) is 7.04. The Balaban J connectivity index is 1.43. The molecule has 0 radical (unpaired) electrons. The van der Waals surface area contributed by atoms with E-state index in [4.69, 9.17) is 0 Å². The molecular formula is C21H19N9. The summed E-state index contributed by atoms with van der Waals surface area (Å²) >= 11 is 0. The van der Waals surface area contributed by atoms with Gasteiger partial charge in [0.1, 0.15) is 11.6 Å². The molecular weight excluding hydrogens is 378 g/mol. The normalized spacial score (nSPS) is 11.1. The maximum absolute atomic E-state index is 4.62. The van der Waals surface area contributed by atoms with Gasteiger partial charge in [-0.05, 0) is 36.2 Å². The number of rotatable bonds is 5. The van der Waals surface area contributed by atoms with Crippen molar-refractivity contribution in [2.24, 2.45) is 7.05 Å². The Bertz CT molecular complexity index is 1340. The van der Waals surface area contributed by atoms with Gasteiger partial charge in [0.15, 0.2) is 5.65 Å². The lowest BCUT2D eigenvalue weighted by Gasteiger charge is -2.07. The standard InChI is InChI=1S/C21H19N9/c1-14-9-15(13-22-12-14)10-19-27-28-20-11-16(5-8-30(19)20)17-3-6-23-21(25-17)26-18-4-7-24-29(18)2/h3-9,11-13H,10H2,1-2H3,(H,23,25,26). The minimum Gasteiger partial charge on any atom is -0.309 e. The van der Waals surface area contributed by atoms with Gasteiger partial charge in [-0.25, -0.2) is 9.97 Å². The zero-order chi connectivity index (χ0) is 20.5. The van der Waals surface area contributed by atoms with Crippen LogP contribution < -0.4 is 5.32 Å². The molecule has 5 aromatic rings. The van der Waals surface area contributed by atoms with Gasteiger partial charge in [0, 0.05) is 49.9 Å². The maximum atomic E-state index is 4.62. The van der Waals surface area contributed by atoms with E-state index in [2.05, 4.69) is 41.6 Å². The van der Waals surface area contributed by atoms with Gasteiger partial charge < -0.3 is 5.32 Å². The second-order valence-corrected chi connectivity index (χ2v) is 7.04. The lowest BCUT2D eigenvalue weighted by Crippen LogP contribution is -2.03. The number of pyridine rings is 2. The van der Waals surface area contributed by atoms with E-state index >= 15 is 0 Å². The highest BCUT2D eigenvalue weighted by molar-refractivity contribution is 5.65. The Morgan fingerprint density at radius 2 is 1.97 bits per heavy atom. The summed E-state index contributed by atoms with van der Waals surface area (Å²) in [6.07, 6.45) is 9.79. The molecule has 0 aliphatic heterocycles. The van der Waals surface area contributed by atoms with Crippen LogP contribution in [0.15, 0.2) is 61.3 Å². The monoisotopic (exact) mass is 397 g/mol. The molecule has 5 aromatic heterocycles. The fraction of sp³-hybridized carbons (Fsp3) is 0.143. The Morgan fingerprint density at radius 3 is 2.80 bits per heavy atom. The second kappa shape index (κ2) is 7.36. The Morgan fingerprint density at radius 1 is 1.03 bits per heavy atom. The molecule has 0 saturated heterocycles. The smallest absolute Gasteiger partial charge is 0.228 e. The van der Waals surface area contributed by atoms with E-state index in [9.17, 15) is 0 Å². The van der Waals surface area contributed by atoms with E-state index in [1.54, 1.807) is 17.1 Å². The summed E-state index contributed by atoms with van der Waals surface area (Å²) in [5.74, 6) is 2.19. The van der Waals surface area contributed by atoms with Crippen molar-refractivity contribution in [3.8, 4) is 11.3 Å². The van der Waals surface area contributed by atoms with Crippen molar-refractivity contribution in [3.63, 3.8) is 0 Å². The van der Waals surface area contributed by atoms with Crippen molar-refractivity contribution in [2.45, 2.75) is 13.3 Å². The van der Waals surface area contributed by atoms with Crippen LogP contribution in [0.2, 0.25) is 0 Å². The molecule has 5 heterocycles. The first-order chi connectivity index (χ1) is 14.7. The highest BCUT2D eigenvalue weighted by atomic mass is 15.3. The summed E-state index contributed by atoms with van der Waals surface area (Å²) < 4.78 is 3.71. The maximum Gasteiger partial charge on any atom is 0.228 e. The number of aromatic nitrogens is 8. The molecule has 9 nitrogen and oxygen atoms in total. The predicted molar refractivity (Wildman–Crippen MR) is 112 cm³/mol. The van der Waals surface area contributed by atoms with Gasteiger partial charge in [-0.2, -0.15) is 5.10 Å². The number of hydrogen-bond acceptors (Lipinski definition) is 7. The molecule has 5 rings (SSSR count). The van der Waals surface area contributed by atoms with E-state index in [1.807, 2.05) is 61.2 Å². The Labute approximate surface area is 172 Å². The quantitative estimate of drug-likeness (QED) is 0.487. The molecule has 0 bridgehead atoms. The lowest BCUT2D eigenvalue weighted by molar-refractivity contribution is 0.775. The fourth-order valence-corrected chi connectivity index (χ4v) is 3.31. The average molecular weight is 397 g/mol. The average Bonchev–Trinajstić information content (AvgIpc) is 3.34. The van der Waals surface area contributed by atoms with Crippen LogP contribution in [0.25, 0.3) is 16.9 Å². The van der Waals surface area contributed by atoms with E-state index < -0.39 is 0 Å². The number of aryl methyl sites for hydroxylation is 2. The van der Waals surface area contributed by atoms with Crippen LogP contribution in [-0.2, 0) is 13.5 Å². The van der Waals surface area contributed by atoms with Crippen LogP contribution in [0.1, 0.15) is 17.0 Å². The molecule has 0 atom stereocenters. The molecule has 0 saturated carbocycles. The number of fused-ring (bicyclic) bond motifs is 1. The van der Waals surface area contributed by atoms with Crippen LogP contribution in [0.5, 0.6) is 0 Å². The zero-order valence-corrected chi connectivity index (χ0v) is 16.6. The van der Waals surface area contributed by atoms with Crippen molar-refractivity contribution < 1.29 is 0 Å². The summed E-state index contributed by atoms with van der Waals surface area (Å²) in [5.41, 5.74) is 4.74. The van der Waals surface area contributed by atoms with Crippen LogP contribution in [-0.4, -0.2) is 39.3 Å². The summed E-state index contributed by atoms with van der Waals surface area (Å²) in [5, 5.41) is 16.0. The summed E-state index contributed by atoms with van der Waals surface area (Å²) in [6.45, 7) is 2.03. The molecule has 0 aromatic carbocycles. The van der Waals surface area contributed by atoms with Gasteiger partial charge in [-0.15, -0.1) is 10.2 Å². The van der Waals surface area contributed by atoms with Gasteiger partial charge in [0.25, 0.3) is 0 Å². The molecule has 0 aliphatic rings. The highest BCUT2D eigenvalue weighted by Gasteiger charge is 2.10. The molecule has 0 spiro atoms. The number of nitrogens with one attached hydrogen (secondary N) is 1. The lowest BCUT2D eigenvalue weighted by atomic mass is 10.1. The predicted octanol–water partition coefficient (Wildman–Crippen LogP) is 2.96. The first-order valence-corrected chi connectivity index (χ1v) is 9.48. The molecule has 0 aliphatic carbocycles. The van der Waals surface area contributed by atoms with E-state index in [0.29, 0.717) is 12.4 Å². The van der Waals surface area contributed by atoms with Crippen molar-refractivity contribution in [2.75, 3.05) is 5.32 Å². The van der Waals surface area contributed by atoms with Gasteiger partial charge in [0.2, 0.25) is 5.95 Å². The Hall–Kier alpha value is -4.14. The zero-order valence-electron chi connectivity index (χ0n) is 16.6. The van der Waals surface area contributed by atoms with Crippen molar-refractivity contribution in [1.82, 2.24) is 39.3 Å². The molecule has 9 heteroatoms. The highest BCUT2D eigenvalue weighted by Crippen LogP contribution is 2.21. The van der Waals surface area contributed by atoms with E-state index in [1.165, 1.54) is 0 Å². The third-order valence-corrected chi connectivity index (χ3v) is 4.79. The minimum atomic E-state index is 0.505. The van der Waals surface area contributed by atoms with Crippen LogP contribution >= 0.6 is 0 Å². The summed E-state index contributed by atoms with van der Waals surface area (Å²) in [4.78, 5) is 13.2. The number of hydrogen-bond donors (Lipinski definition) is 1. The SMILES string of the molecule is Cc1cncc(Cc2nnc3cc(-c4ccnc(Nc5ccnn5C)n4)ccn23)c1. The molecule has 0 amide bonds. The molecule has 1 N–H and O–H groups in total.